The Hall–Kier alpha value is -2.94. The molecule has 0 aliphatic carbocycles. The summed E-state index contributed by atoms with van der Waals surface area (Å²) in [5, 5.41) is 9.04. The van der Waals surface area contributed by atoms with Gasteiger partial charge in [0.2, 0.25) is 0 Å². The van der Waals surface area contributed by atoms with Crippen molar-refractivity contribution in [2.75, 3.05) is 19.6 Å². The summed E-state index contributed by atoms with van der Waals surface area (Å²) in [5.41, 5.74) is 1.88. The molecule has 0 unspecified atom stereocenters. The molecular formula is C22H24F2N6O. The molecule has 0 bridgehead atoms. The molecule has 1 amide bonds. The van der Waals surface area contributed by atoms with Crippen molar-refractivity contribution in [3.63, 3.8) is 0 Å². The molecule has 3 aromatic rings. The number of rotatable bonds is 5. The number of para-hydroxylation sites is 1. The van der Waals surface area contributed by atoms with Crippen LogP contribution in [-0.4, -0.2) is 67.3 Å². The molecule has 2 aromatic heterocycles. The number of alkyl halides is 2. The van der Waals surface area contributed by atoms with Gasteiger partial charge < -0.3 is 4.90 Å². The number of pyridine rings is 1. The second-order valence-corrected chi connectivity index (χ2v) is 8.44. The molecule has 7 nitrogen and oxygen atoms in total. The number of carbonyl (C=O) groups is 1. The van der Waals surface area contributed by atoms with Crippen LogP contribution in [0.25, 0.3) is 10.9 Å². The van der Waals surface area contributed by atoms with Crippen LogP contribution in [0, 0.1) is 0 Å². The highest BCUT2D eigenvalue weighted by Crippen LogP contribution is 2.33. The summed E-state index contributed by atoms with van der Waals surface area (Å²) in [5.74, 6) is -2.91. The van der Waals surface area contributed by atoms with Gasteiger partial charge >= 0.3 is 0 Å². The van der Waals surface area contributed by atoms with Gasteiger partial charge in [0.15, 0.2) is 5.69 Å². The third kappa shape index (κ3) is 4.27. The predicted octanol–water partition coefficient (Wildman–Crippen LogP) is 2.97. The number of hydrogen-bond acceptors (Lipinski definition) is 5. The summed E-state index contributed by atoms with van der Waals surface area (Å²) < 4.78 is 30.1. The lowest BCUT2D eigenvalue weighted by Gasteiger charge is -2.23. The van der Waals surface area contributed by atoms with Gasteiger partial charge in [0.1, 0.15) is 0 Å². The topological polar surface area (TPSA) is 67.2 Å². The predicted molar refractivity (Wildman–Crippen MR) is 111 cm³/mol. The van der Waals surface area contributed by atoms with Gasteiger partial charge in [-0.25, -0.2) is 8.78 Å². The Morgan fingerprint density at radius 2 is 1.94 bits per heavy atom. The average Bonchev–Trinajstić information content (AvgIpc) is 3.49. The van der Waals surface area contributed by atoms with Crippen LogP contribution in [0.3, 0.4) is 0 Å². The van der Waals surface area contributed by atoms with Crippen LogP contribution >= 0.6 is 0 Å². The van der Waals surface area contributed by atoms with Gasteiger partial charge in [-0.15, -0.1) is 5.10 Å². The third-order valence-corrected chi connectivity index (χ3v) is 6.06. The maximum Gasteiger partial charge on any atom is 0.276 e. The van der Waals surface area contributed by atoms with E-state index in [2.05, 4.69) is 15.3 Å². The Morgan fingerprint density at radius 3 is 2.77 bits per heavy atom. The standard InChI is InChI=1S/C22H24F2N6O/c23-22(24)11-18(13-30-14-20(26-27-30)21(31)28-9-3-4-10-28)29(15-22)12-17-8-7-16-5-1-2-6-19(16)25-17/h1-2,5-8,14,18H,3-4,9-13,15H2/t18-/m0/s1. The number of amides is 1. The summed E-state index contributed by atoms with van der Waals surface area (Å²) in [6, 6.07) is 11.2. The SMILES string of the molecule is O=C(c1cn(C[C@@H]2CC(F)(F)CN2Cc2ccc3ccccc3n2)nn1)N1CCCC1. The molecule has 2 aliphatic rings. The Kier molecular flexibility index (Phi) is 5.13. The Bertz CT molecular complexity index is 1090. The first-order valence-corrected chi connectivity index (χ1v) is 10.6. The van der Waals surface area contributed by atoms with Crippen LogP contribution in [0.5, 0.6) is 0 Å². The molecular weight excluding hydrogens is 402 g/mol. The lowest BCUT2D eigenvalue weighted by molar-refractivity contribution is 0.0112. The van der Waals surface area contributed by atoms with Crippen molar-refractivity contribution < 1.29 is 13.6 Å². The van der Waals surface area contributed by atoms with E-state index in [1.165, 1.54) is 4.68 Å². The molecule has 2 fully saturated rings. The first-order valence-electron chi connectivity index (χ1n) is 10.6. The summed E-state index contributed by atoms with van der Waals surface area (Å²) in [6.45, 7) is 1.73. The van der Waals surface area contributed by atoms with Crippen LogP contribution in [0.4, 0.5) is 8.78 Å². The Labute approximate surface area is 178 Å². The van der Waals surface area contributed by atoms with Gasteiger partial charge in [0, 0.05) is 37.5 Å². The van der Waals surface area contributed by atoms with Crippen molar-refractivity contribution >= 4 is 16.8 Å². The van der Waals surface area contributed by atoms with Crippen LogP contribution < -0.4 is 0 Å². The van der Waals surface area contributed by atoms with Gasteiger partial charge in [-0.3, -0.25) is 19.4 Å². The molecule has 0 N–H and O–H groups in total. The maximum absolute atomic E-state index is 14.3. The number of carbonyl (C=O) groups excluding carboxylic acids is 1. The fourth-order valence-corrected chi connectivity index (χ4v) is 4.52. The number of hydrogen-bond donors (Lipinski definition) is 0. The van der Waals surface area contributed by atoms with Crippen LogP contribution in [-0.2, 0) is 13.1 Å². The van der Waals surface area contributed by atoms with E-state index in [1.807, 2.05) is 36.4 Å². The molecule has 5 rings (SSSR count). The zero-order valence-electron chi connectivity index (χ0n) is 17.1. The van der Waals surface area contributed by atoms with Gasteiger partial charge in [-0.2, -0.15) is 0 Å². The first kappa shape index (κ1) is 20.0. The molecule has 1 aromatic carbocycles. The number of nitrogens with zero attached hydrogens (tertiary/aromatic N) is 6. The van der Waals surface area contributed by atoms with Crippen molar-refractivity contribution in [2.45, 2.75) is 44.3 Å². The summed E-state index contributed by atoms with van der Waals surface area (Å²) in [6.07, 6.45) is 3.31. The monoisotopic (exact) mass is 426 g/mol. The van der Waals surface area contributed by atoms with Gasteiger partial charge in [0.05, 0.1) is 30.5 Å². The number of halogens is 2. The minimum Gasteiger partial charge on any atom is -0.337 e. The van der Waals surface area contributed by atoms with Crippen LogP contribution in [0.2, 0.25) is 0 Å². The van der Waals surface area contributed by atoms with E-state index in [0.717, 1.165) is 42.5 Å². The van der Waals surface area contributed by atoms with Gasteiger partial charge in [-0.05, 0) is 25.0 Å². The highest BCUT2D eigenvalue weighted by atomic mass is 19.3. The highest BCUT2D eigenvalue weighted by Gasteiger charge is 2.45. The van der Waals surface area contributed by atoms with Gasteiger partial charge in [0.25, 0.3) is 11.8 Å². The normalized spacial score (nSPS) is 21.2. The second kappa shape index (κ2) is 7.96. The Balaban J connectivity index is 1.30. The highest BCUT2D eigenvalue weighted by molar-refractivity contribution is 5.92. The minimum absolute atomic E-state index is 0.141. The average molecular weight is 426 g/mol. The van der Waals surface area contributed by atoms with Crippen molar-refractivity contribution in [3.05, 3.63) is 54.0 Å². The van der Waals surface area contributed by atoms with E-state index in [1.54, 1.807) is 16.0 Å². The van der Waals surface area contributed by atoms with Crippen molar-refractivity contribution in [3.8, 4) is 0 Å². The molecule has 4 heterocycles. The van der Waals surface area contributed by atoms with E-state index in [-0.39, 0.29) is 31.1 Å². The molecule has 162 valence electrons. The van der Waals surface area contributed by atoms with E-state index in [0.29, 0.717) is 6.54 Å². The summed E-state index contributed by atoms with van der Waals surface area (Å²) in [4.78, 5) is 20.6. The summed E-state index contributed by atoms with van der Waals surface area (Å²) >= 11 is 0. The number of aromatic nitrogens is 4. The molecule has 0 spiro atoms. The zero-order valence-corrected chi connectivity index (χ0v) is 17.1. The van der Waals surface area contributed by atoms with Crippen molar-refractivity contribution in [1.82, 2.24) is 29.8 Å². The van der Waals surface area contributed by atoms with Gasteiger partial charge in [-0.1, -0.05) is 29.5 Å². The zero-order chi connectivity index (χ0) is 21.4. The largest absolute Gasteiger partial charge is 0.337 e. The lowest BCUT2D eigenvalue weighted by atomic mass is 10.1. The molecule has 31 heavy (non-hydrogen) atoms. The fraction of sp³-hybridized carbons (Fsp3) is 0.455. The van der Waals surface area contributed by atoms with Crippen LogP contribution in [0.1, 0.15) is 35.4 Å². The second-order valence-electron chi connectivity index (χ2n) is 8.44. The smallest absolute Gasteiger partial charge is 0.276 e. The van der Waals surface area contributed by atoms with Crippen LogP contribution in [0.15, 0.2) is 42.6 Å². The summed E-state index contributed by atoms with van der Waals surface area (Å²) in [7, 11) is 0. The maximum atomic E-state index is 14.3. The van der Waals surface area contributed by atoms with E-state index in [4.69, 9.17) is 0 Å². The number of likely N-dealkylation sites (tertiary alicyclic amines) is 2. The lowest BCUT2D eigenvalue weighted by Crippen LogP contribution is -2.33. The van der Waals surface area contributed by atoms with E-state index >= 15 is 0 Å². The van der Waals surface area contributed by atoms with Crippen molar-refractivity contribution in [2.24, 2.45) is 0 Å². The molecule has 2 aliphatic heterocycles. The third-order valence-electron chi connectivity index (χ3n) is 6.06. The number of fused-ring (bicyclic) bond motifs is 1. The Morgan fingerprint density at radius 1 is 1.13 bits per heavy atom. The van der Waals surface area contributed by atoms with E-state index in [9.17, 15) is 13.6 Å². The minimum atomic E-state index is -2.77. The molecule has 9 heteroatoms. The van der Waals surface area contributed by atoms with E-state index < -0.39 is 12.0 Å². The number of benzene rings is 1. The van der Waals surface area contributed by atoms with Crippen molar-refractivity contribution in [1.29, 1.82) is 0 Å². The molecule has 0 radical (unpaired) electrons. The molecule has 1 atom stereocenters. The quantitative estimate of drug-likeness (QED) is 0.628. The first-order chi connectivity index (χ1) is 15.0. The molecule has 2 saturated heterocycles. The molecule has 0 saturated carbocycles. The fourth-order valence-electron chi connectivity index (χ4n) is 4.52.